The molecule has 6 nitrogen and oxygen atoms in total. The molecule has 0 aliphatic carbocycles. The second-order valence-electron chi connectivity index (χ2n) is 7.32. The summed E-state index contributed by atoms with van der Waals surface area (Å²) in [6, 6.07) is 8.60. The maximum atomic E-state index is 6.33. The molecule has 1 atom stereocenters. The third kappa shape index (κ3) is 7.24. The van der Waals surface area contributed by atoms with Crippen molar-refractivity contribution >= 4 is 11.3 Å². The number of hydrogen-bond donors (Lipinski definition) is 4. The Kier molecular flexibility index (Phi) is 9.36. The van der Waals surface area contributed by atoms with Crippen LogP contribution < -0.4 is 21.7 Å². The van der Waals surface area contributed by atoms with Crippen molar-refractivity contribution in [2.75, 3.05) is 52.4 Å². The number of rotatable bonds is 4. The first-order valence-corrected chi connectivity index (χ1v) is 11.3. The Hall–Kier alpha value is -1.35. The average molecular weight is 403 g/mol. The summed E-state index contributed by atoms with van der Waals surface area (Å²) in [6.07, 6.45) is 4.17. The number of benzene rings is 1. The summed E-state index contributed by atoms with van der Waals surface area (Å²) in [5.41, 5.74) is 8.80. The molecule has 0 amide bonds. The van der Waals surface area contributed by atoms with Gasteiger partial charge in [-0.1, -0.05) is 24.3 Å². The number of nitrogens with one attached hydrogen (secondary N) is 3. The zero-order valence-electron chi connectivity index (χ0n) is 16.7. The quantitative estimate of drug-likeness (QED) is 0.622. The van der Waals surface area contributed by atoms with Crippen molar-refractivity contribution in [3.05, 3.63) is 52.0 Å². The van der Waals surface area contributed by atoms with E-state index < -0.39 is 0 Å². The molecule has 0 spiro atoms. The number of nitrogens with zero attached hydrogens (tertiary/aromatic N) is 2. The Morgan fingerprint density at radius 2 is 1.64 bits per heavy atom. The molecule has 1 aliphatic rings. The van der Waals surface area contributed by atoms with Crippen molar-refractivity contribution in [1.82, 2.24) is 25.8 Å². The van der Waals surface area contributed by atoms with Crippen LogP contribution in [0.2, 0.25) is 0 Å². The molecule has 7 heteroatoms. The first-order chi connectivity index (χ1) is 13.8. The molecular formula is C21H34N6S. The Balaban J connectivity index is 1.53. The molecule has 1 saturated heterocycles. The van der Waals surface area contributed by atoms with E-state index in [2.05, 4.69) is 50.1 Å². The van der Waals surface area contributed by atoms with E-state index in [4.69, 9.17) is 5.73 Å². The monoisotopic (exact) mass is 402 g/mol. The molecular weight excluding hydrogens is 368 g/mol. The molecule has 1 aliphatic heterocycles. The van der Waals surface area contributed by atoms with Crippen LogP contribution in [-0.4, -0.2) is 62.2 Å². The highest BCUT2D eigenvalue weighted by atomic mass is 32.1. The van der Waals surface area contributed by atoms with Gasteiger partial charge in [-0.05, 0) is 50.1 Å². The lowest BCUT2D eigenvalue weighted by molar-refractivity contribution is 0.260. The topological polar surface area (TPSA) is 78.2 Å². The normalized spacial score (nSPS) is 19.8. The first kappa shape index (κ1) is 21.4. The maximum absolute atomic E-state index is 6.33. The van der Waals surface area contributed by atoms with Crippen molar-refractivity contribution in [2.24, 2.45) is 5.73 Å². The summed E-state index contributed by atoms with van der Waals surface area (Å²) >= 11 is 1.61. The molecule has 0 saturated carbocycles. The lowest BCUT2D eigenvalue weighted by Gasteiger charge is -2.23. The highest BCUT2D eigenvalue weighted by molar-refractivity contribution is 7.09. The fraction of sp³-hybridized carbons (Fsp3) is 0.571. The van der Waals surface area contributed by atoms with Crippen molar-refractivity contribution in [1.29, 1.82) is 0 Å². The summed E-state index contributed by atoms with van der Waals surface area (Å²) in [7, 11) is 0. The van der Waals surface area contributed by atoms with Crippen molar-refractivity contribution in [3.63, 3.8) is 0 Å². The van der Waals surface area contributed by atoms with Crippen LogP contribution in [-0.2, 0) is 6.54 Å². The van der Waals surface area contributed by atoms with Gasteiger partial charge in [-0.3, -0.25) is 4.90 Å². The van der Waals surface area contributed by atoms with E-state index >= 15 is 0 Å². The largest absolute Gasteiger partial charge is 0.318 e. The molecule has 3 rings (SSSR count). The standard InChI is InChI=1S/C21H34N6S/c22-20(21-26-13-16-28-21)19-5-3-18(4-6-19)17-27-14-2-9-24-11-10-23-7-1-8-25-12-15-27/h3-6,13,16,20,23-25H,1-2,7-12,14-15,17,22H2. The molecule has 5 N–H and O–H groups in total. The molecule has 0 radical (unpaired) electrons. The molecule has 1 aromatic carbocycles. The van der Waals surface area contributed by atoms with Gasteiger partial charge in [-0.15, -0.1) is 11.3 Å². The Bertz CT molecular complexity index is 631. The molecule has 154 valence electrons. The minimum absolute atomic E-state index is 0.131. The summed E-state index contributed by atoms with van der Waals surface area (Å²) in [5, 5.41) is 13.5. The van der Waals surface area contributed by atoms with E-state index in [0.29, 0.717) is 0 Å². The van der Waals surface area contributed by atoms with Gasteiger partial charge >= 0.3 is 0 Å². The van der Waals surface area contributed by atoms with E-state index in [9.17, 15) is 0 Å². The molecule has 0 bridgehead atoms. The van der Waals surface area contributed by atoms with Crippen molar-refractivity contribution in [2.45, 2.75) is 25.4 Å². The predicted octanol–water partition coefficient (Wildman–Crippen LogP) is 1.56. The summed E-state index contributed by atoms with van der Waals surface area (Å²) in [4.78, 5) is 6.89. The zero-order valence-corrected chi connectivity index (χ0v) is 17.5. The predicted molar refractivity (Wildman–Crippen MR) is 118 cm³/mol. The highest BCUT2D eigenvalue weighted by Gasteiger charge is 2.12. The number of aromatic nitrogens is 1. The molecule has 2 heterocycles. The van der Waals surface area contributed by atoms with Crippen LogP contribution in [0.5, 0.6) is 0 Å². The summed E-state index contributed by atoms with van der Waals surface area (Å²) in [6.45, 7) is 9.57. The van der Waals surface area contributed by atoms with Gasteiger partial charge in [0.1, 0.15) is 5.01 Å². The fourth-order valence-electron chi connectivity index (χ4n) is 3.44. The summed E-state index contributed by atoms with van der Waals surface area (Å²) < 4.78 is 0. The number of hydrogen-bond acceptors (Lipinski definition) is 7. The molecule has 1 aromatic heterocycles. The second kappa shape index (κ2) is 12.3. The minimum Gasteiger partial charge on any atom is -0.318 e. The number of thiazole rings is 1. The van der Waals surface area contributed by atoms with Gasteiger partial charge in [0, 0.05) is 44.3 Å². The van der Waals surface area contributed by atoms with Crippen LogP contribution >= 0.6 is 11.3 Å². The Labute approximate surface area is 172 Å². The molecule has 1 fully saturated rings. The second-order valence-corrected chi connectivity index (χ2v) is 8.25. The van der Waals surface area contributed by atoms with Gasteiger partial charge in [0.25, 0.3) is 0 Å². The third-order valence-corrected chi connectivity index (χ3v) is 5.94. The van der Waals surface area contributed by atoms with Gasteiger partial charge in [-0.25, -0.2) is 4.98 Å². The van der Waals surface area contributed by atoms with Gasteiger partial charge in [0.05, 0.1) is 6.04 Å². The fourth-order valence-corrected chi connectivity index (χ4v) is 4.11. The Morgan fingerprint density at radius 3 is 2.36 bits per heavy atom. The van der Waals surface area contributed by atoms with Crippen molar-refractivity contribution in [3.8, 4) is 0 Å². The third-order valence-electron chi connectivity index (χ3n) is 5.08. The first-order valence-electron chi connectivity index (χ1n) is 10.4. The summed E-state index contributed by atoms with van der Waals surface area (Å²) in [5.74, 6) is 0. The van der Waals surface area contributed by atoms with Gasteiger partial charge in [-0.2, -0.15) is 0 Å². The smallest absolute Gasteiger partial charge is 0.114 e. The Morgan fingerprint density at radius 1 is 0.929 bits per heavy atom. The van der Waals surface area contributed by atoms with E-state index in [1.807, 2.05) is 11.6 Å². The van der Waals surface area contributed by atoms with E-state index in [1.54, 1.807) is 11.3 Å². The minimum atomic E-state index is -0.131. The van der Waals surface area contributed by atoms with Crippen LogP contribution in [0.3, 0.4) is 0 Å². The van der Waals surface area contributed by atoms with E-state index in [-0.39, 0.29) is 6.04 Å². The van der Waals surface area contributed by atoms with Crippen LogP contribution in [0, 0.1) is 0 Å². The molecule has 2 aromatic rings. The number of nitrogens with two attached hydrogens (primary N) is 1. The maximum Gasteiger partial charge on any atom is 0.114 e. The van der Waals surface area contributed by atoms with Gasteiger partial charge < -0.3 is 21.7 Å². The molecule has 28 heavy (non-hydrogen) atoms. The van der Waals surface area contributed by atoms with Crippen molar-refractivity contribution < 1.29 is 0 Å². The lowest BCUT2D eigenvalue weighted by Crippen LogP contribution is -2.36. The van der Waals surface area contributed by atoms with Crippen LogP contribution in [0.1, 0.15) is 35.0 Å². The van der Waals surface area contributed by atoms with Crippen LogP contribution in [0.4, 0.5) is 0 Å². The lowest BCUT2D eigenvalue weighted by atomic mass is 10.1. The van der Waals surface area contributed by atoms with Crippen LogP contribution in [0.25, 0.3) is 0 Å². The van der Waals surface area contributed by atoms with Crippen LogP contribution in [0.15, 0.2) is 35.8 Å². The molecule has 1 unspecified atom stereocenters. The zero-order chi connectivity index (χ0) is 19.4. The highest BCUT2D eigenvalue weighted by Crippen LogP contribution is 2.21. The van der Waals surface area contributed by atoms with Gasteiger partial charge in [0.2, 0.25) is 0 Å². The SMILES string of the molecule is NC(c1ccc(CN2CCCNCCNCCCNCC2)cc1)c1nccs1. The van der Waals surface area contributed by atoms with E-state index in [0.717, 1.165) is 69.5 Å². The average Bonchev–Trinajstić information content (AvgIpc) is 3.26. The van der Waals surface area contributed by atoms with E-state index in [1.165, 1.54) is 18.4 Å². The van der Waals surface area contributed by atoms with Gasteiger partial charge in [0.15, 0.2) is 0 Å².